The minimum absolute atomic E-state index is 0.360. The molecule has 1 heterocycles. The fourth-order valence-electron chi connectivity index (χ4n) is 3.12. The summed E-state index contributed by atoms with van der Waals surface area (Å²) in [5, 5.41) is 28.4. The van der Waals surface area contributed by atoms with Crippen molar-refractivity contribution in [2.24, 2.45) is 0 Å². The molecule has 0 fully saturated rings. The average molecular weight is 523 g/mol. The van der Waals surface area contributed by atoms with Crippen LogP contribution in [0, 0.1) is 0 Å². The van der Waals surface area contributed by atoms with Gasteiger partial charge in [-0.2, -0.15) is 0 Å². The molecule has 0 aliphatic carbocycles. The Labute approximate surface area is 214 Å². The molecule has 0 aliphatic rings. The van der Waals surface area contributed by atoms with Gasteiger partial charge in [0.15, 0.2) is 8.68 Å². The van der Waals surface area contributed by atoms with Crippen LogP contribution < -0.4 is 0 Å². The first-order valence-electron chi connectivity index (χ1n) is 12.8. The molecule has 0 bridgehead atoms. The van der Waals surface area contributed by atoms with Crippen LogP contribution in [-0.2, 0) is 9.47 Å². The largest absolute Gasteiger partial charge is 0.390 e. The van der Waals surface area contributed by atoms with Gasteiger partial charge in [0.1, 0.15) is 0 Å². The summed E-state index contributed by atoms with van der Waals surface area (Å²) in [5.41, 5.74) is 0. The van der Waals surface area contributed by atoms with Crippen molar-refractivity contribution in [1.82, 2.24) is 10.2 Å². The van der Waals surface area contributed by atoms with E-state index in [1.54, 1.807) is 0 Å². The number of aliphatic hydroxyl groups is 2. The first-order chi connectivity index (χ1) is 16.2. The Morgan fingerprint density at radius 1 is 0.667 bits per heavy atom. The molecule has 0 saturated carbocycles. The van der Waals surface area contributed by atoms with E-state index in [1.807, 2.05) is 0 Å². The molecule has 2 unspecified atom stereocenters. The summed E-state index contributed by atoms with van der Waals surface area (Å²) in [7, 11) is 0. The fraction of sp³-hybridized carbons (Fsp3) is 0.917. The van der Waals surface area contributed by atoms with E-state index in [-0.39, 0.29) is 0 Å². The fourth-order valence-corrected chi connectivity index (χ4v) is 6.01. The highest BCUT2D eigenvalue weighted by Gasteiger charge is 2.12. The minimum atomic E-state index is -0.500. The Kier molecular flexibility index (Phi) is 21.3. The van der Waals surface area contributed by atoms with E-state index < -0.39 is 12.2 Å². The topological polar surface area (TPSA) is 84.7 Å². The van der Waals surface area contributed by atoms with Crippen molar-refractivity contribution in [3.63, 3.8) is 0 Å². The summed E-state index contributed by atoms with van der Waals surface area (Å²) in [5.74, 6) is 1.09. The van der Waals surface area contributed by atoms with Crippen LogP contribution in [0.15, 0.2) is 8.68 Å². The standard InChI is InChI=1S/C24H46N2O4S3/c1-3-5-7-8-9-10-11-12-13-14-16-30-18-22(28)20-32-24-26-25-23(33-24)31-19-21(27)17-29-15-6-4-2/h21-22,27-28H,3-20H2,1-2H3. The number of hydrogen-bond donors (Lipinski definition) is 2. The summed E-state index contributed by atoms with van der Waals surface area (Å²) in [6.45, 7) is 6.53. The van der Waals surface area contributed by atoms with Crippen molar-refractivity contribution in [3.8, 4) is 0 Å². The van der Waals surface area contributed by atoms with Crippen LogP contribution in [0.1, 0.15) is 90.9 Å². The van der Waals surface area contributed by atoms with Crippen LogP contribution in [0.3, 0.4) is 0 Å². The van der Waals surface area contributed by atoms with Gasteiger partial charge in [0, 0.05) is 24.7 Å². The van der Waals surface area contributed by atoms with E-state index in [4.69, 9.17) is 9.47 Å². The van der Waals surface area contributed by atoms with E-state index in [1.165, 1.54) is 92.6 Å². The van der Waals surface area contributed by atoms with E-state index in [0.29, 0.717) is 31.3 Å². The van der Waals surface area contributed by atoms with E-state index in [2.05, 4.69) is 24.0 Å². The summed E-state index contributed by atoms with van der Waals surface area (Å²) in [6.07, 6.45) is 14.2. The summed E-state index contributed by atoms with van der Waals surface area (Å²) in [4.78, 5) is 0. The second-order valence-electron chi connectivity index (χ2n) is 8.45. The summed E-state index contributed by atoms with van der Waals surface area (Å²) >= 11 is 4.49. The van der Waals surface area contributed by atoms with Crippen LogP contribution in [0.5, 0.6) is 0 Å². The molecule has 1 aromatic rings. The number of ether oxygens (including phenoxy) is 2. The van der Waals surface area contributed by atoms with Gasteiger partial charge in [0.05, 0.1) is 25.4 Å². The number of aromatic nitrogens is 2. The third-order valence-electron chi connectivity index (χ3n) is 5.09. The molecule has 0 spiro atoms. The molecular weight excluding hydrogens is 476 g/mol. The van der Waals surface area contributed by atoms with Gasteiger partial charge in [0.25, 0.3) is 0 Å². The van der Waals surface area contributed by atoms with Gasteiger partial charge in [-0.25, -0.2) is 0 Å². The van der Waals surface area contributed by atoms with Gasteiger partial charge in [-0.15, -0.1) is 10.2 Å². The van der Waals surface area contributed by atoms with Crippen LogP contribution in [-0.4, -0.2) is 70.6 Å². The van der Waals surface area contributed by atoms with Crippen molar-refractivity contribution in [2.45, 2.75) is 112 Å². The second kappa shape index (κ2) is 22.6. The zero-order chi connectivity index (χ0) is 24.0. The molecule has 2 atom stereocenters. The average Bonchev–Trinajstić information content (AvgIpc) is 3.28. The molecule has 0 aliphatic heterocycles. The molecule has 0 aromatic carbocycles. The zero-order valence-corrected chi connectivity index (χ0v) is 23.2. The maximum atomic E-state index is 10.1. The Balaban J connectivity index is 1.96. The molecule has 194 valence electrons. The predicted molar refractivity (Wildman–Crippen MR) is 142 cm³/mol. The zero-order valence-electron chi connectivity index (χ0n) is 20.7. The van der Waals surface area contributed by atoms with Crippen LogP contribution in [0.4, 0.5) is 0 Å². The molecule has 0 amide bonds. The molecule has 1 aromatic heterocycles. The monoisotopic (exact) mass is 522 g/mol. The van der Waals surface area contributed by atoms with E-state index in [9.17, 15) is 10.2 Å². The SMILES string of the molecule is CCCCCCCCCCCCOCC(O)CSc1nnc(SCC(O)COCCCC)s1. The maximum Gasteiger partial charge on any atom is 0.175 e. The van der Waals surface area contributed by atoms with Crippen molar-refractivity contribution in [2.75, 3.05) is 37.9 Å². The highest BCUT2D eigenvalue weighted by Crippen LogP contribution is 2.29. The van der Waals surface area contributed by atoms with Crippen molar-refractivity contribution < 1.29 is 19.7 Å². The van der Waals surface area contributed by atoms with Gasteiger partial charge >= 0.3 is 0 Å². The maximum absolute atomic E-state index is 10.1. The first kappa shape index (κ1) is 31.1. The summed E-state index contributed by atoms with van der Waals surface area (Å²) in [6, 6.07) is 0. The van der Waals surface area contributed by atoms with Gasteiger partial charge < -0.3 is 19.7 Å². The van der Waals surface area contributed by atoms with E-state index in [0.717, 1.165) is 34.5 Å². The molecule has 0 saturated heterocycles. The number of rotatable bonds is 24. The van der Waals surface area contributed by atoms with Crippen LogP contribution >= 0.6 is 34.9 Å². The van der Waals surface area contributed by atoms with Crippen molar-refractivity contribution >= 4 is 34.9 Å². The van der Waals surface area contributed by atoms with Gasteiger partial charge in [-0.05, 0) is 12.8 Å². The van der Waals surface area contributed by atoms with E-state index >= 15 is 0 Å². The Morgan fingerprint density at radius 3 is 1.58 bits per heavy atom. The normalized spacial score (nSPS) is 13.5. The third kappa shape index (κ3) is 19.0. The molecule has 2 N–H and O–H groups in total. The van der Waals surface area contributed by atoms with Gasteiger partial charge in [-0.1, -0.05) is 113 Å². The molecule has 33 heavy (non-hydrogen) atoms. The lowest BCUT2D eigenvalue weighted by atomic mass is 10.1. The smallest absolute Gasteiger partial charge is 0.175 e. The van der Waals surface area contributed by atoms with Crippen LogP contribution in [0.25, 0.3) is 0 Å². The van der Waals surface area contributed by atoms with Crippen LogP contribution in [0.2, 0.25) is 0 Å². The Morgan fingerprint density at radius 2 is 1.09 bits per heavy atom. The molecule has 6 nitrogen and oxygen atoms in total. The number of hydrogen-bond acceptors (Lipinski definition) is 9. The lowest BCUT2D eigenvalue weighted by Gasteiger charge is -2.10. The summed E-state index contributed by atoms with van der Waals surface area (Å²) < 4.78 is 12.7. The Bertz CT molecular complexity index is 552. The van der Waals surface area contributed by atoms with Crippen molar-refractivity contribution in [1.29, 1.82) is 0 Å². The predicted octanol–water partition coefficient (Wildman–Crippen LogP) is 6.20. The second-order valence-corrected chi connectivity index (χ2v) is 12.0. The minimum Gasteiger partial charge on any atom is -0.390 e. The number of unbranched alkanes of at least 4 members (excludes halogenated alkanes) is 10. The van der Waals surface area contributed by atoms with Gasteiger partial charge in [0.2, 0.25) is 0 Å². The number of nitrogens with zero attached hydrogens (tertiary/aromatic N) is 2. The molecule has 0 radical (unpaired) electrons. The highest BCUT2D eigenvalue weighted by molar-refractivity contribution is 8.03. The molecular formula is C24H46N2O4S3. The lowest BCUT2D eigenvalue weighted by Crippen LogP contribution is -2.18. The number of aliphatic hydroxyl groups excluding tert-OH is 2. The first-order valence-corrected chi connectivity index (χ1v) is 15.5. The quantitative estimate of drug-likeness (QED) is 0.123. The lowest BCUT2D eigenvalue weighted by molar-refractivity contribution is 0.0467. The Hall–Kier alpha value is 0.1000. The molecule has 9 heteroatoms. The van der Waals surface area contributed by atoms with Gasteiger partial charge in [-0.3, -0.25) is 0 Å². The highest BCUT2D eigenvalue weighted by atomic mass is 32.2. The molecule has 1 rings (SSSR count). The number of thioether (sulfide) groups is 2. The third-order valence-corrected chi connectivity index (χ3v) is 8.57. The van der Waals surface area contributed by atoms with Crippen molar-refractivity contribution in [3.05, 3.63) is 0 Å².